The van der Waals surface area contributed by atoms with Gasteiger partial charge in [0.2, 0.25) is 5.91 Å². The smallest absolute Gasteiger partial charge is 0.251 e. The third kappa shape index (κ3) is 5.99. The average molecular weight is 470 g/mol. The summed E-state index contributed by atoms with van der Waals surface area (Å²) in [6, 6.07) is 13.9. The standard InChI is InChI=1S/C23H24ClN5O2S/c1-4-12-29-21(16(3)25-22(31)17-8-6-5-7-9-17)27-28-23(29)32-14-20(30)26-19-11-10-18(24)13-15(19)2/h4-11,13,16H,1,12,14H2,2-3H3,(H,25,31)(H,26,30)/t16-/m0/s1. The quantitative estimate of drug-likeness (QED) is 0.352. The molecule has 3 aromatic rings. The van der Waals surface area contributed by atoms with Crippen LogP contribution in [0.4, 0.5) is 5.69 Å². The summed E-state index contributed by atoms with van der Waals surface area (Å²) in [4.78, 5) is 24.9. The minimum atomic E-state index is -0.380. The summed E-state index contributed by atoms with van der Waals surface area (Å²) in [5, 5.41) is 15.5. The molecule has 9 heteroatoms. The zero-order valence-corrected chi connectivity index (χ0v) is 19.4. The van der Waals surface area contributed by atoms with Gasteiger partial charge in [-0.05, 0) is 49.7 Å². The molecule has 0 unspecified atom stereocenters. The number of amides is 2. The Morgan fingerprint density at radius 2 is 1.97 bits per heavy atom. The van der Waals surface area contributed by atoms with E-state index in [1.807, 2.05) is 36.6 Å². The van der Waals surface area contributed by atoms with E-state index in [4.69, 9.17) is 11.6 Å². The van der Waals surface area contributed by atoms with E-state index in [1.165, 1.54) is 11.8 Å². The largest absolute Gasteiger partial charge is 0.342 e. The average Bonchev–Trinajstić information content (AvgIpc) is 3.18. The fourth-order valence-corrected chi connectivity index (χ4v) is 4.03. The minimum absolute atomic E-state index is 0.155. The van der Waals surface area contributed by atoms with Crippen LogP contribution in [0.5, 0.6) is 0 Å². The lowest BCUT2D eigenvalue weighted by Crippen LogP contribution is -2.28. The molecular weight excluding hydrogens is 446 g/mol. The maximum Gasteiger partial charge on any atom is 0.251 e. The number of aryl methyl sites for hydroxylation is 1. The van der Waals surface area contributed by atoms with Gasteiger partial charge in [-0.25, -0.2) is 0 Å². The first kappa shape index (κ1) is 23.6. The highest BCUT2D eigenvalue weighted by atomic mass is 35.5. The molecule has 32 heavy (non-hydrogen) atoms. The van der Waals surface area contributed by atoms with Crippen molar-refractivity contribution < 1.29 is 9.59 Å². The Labute approximate surface area is 196 Å². The first-order valence-corrected chi connectivity index (χ1v) is 11.3. The van der Waals surface area contributed by atoms with Crippen molar-refractivity contribution in [3.63, 3.8) is 0 Å². The van der Waals surface area contributed by atoms with Crippen molar-refractivity contribution in [3.8, 4) is 0 Å². The second-order valence-corrected chi connectivity index (χ2v) is 8.48. The van der Waals surface area contributed by atoms with E-state index >= 15 is 0 Å². The Balaban J connectivity index is 1.66. The number of anilines is 1. The molecule has 2 N–H and O–H groups in total. The van der Waals surface area contributed by atoms with Crippen LogP contribution >= 0.6 is 23.4 Å². The molecule has 0 aliphatic carbocycles. The van der Waals surface area contributed by atoms with Crippen LogP contribution in [-0.2, 0) is 11.3 Å². The molecule has 166 valence electrons. The van der Waals surface area contributed by atoms with Gasteiger partial charge < -0.3 is 15.2 Å². The van der Waals surface area contributed by atoms with Crippen LogP contribution in [0, 0.1) is 6.92 Å². The molecular formula is C23H24ClN5O2S. The van der Waals surface area contributed by atoms with Crippen LogP contribution in [-0.4, -0.2) is 32.3 Å². The van der Waals surface area contributed by atoms with Crippen molar-refractivity contribution in [2.24, 2.45) is 0 Å². The van der Waals surface area contributed by atoms with Gasteiger partial charge in [0.25, 0.3) is 5.91 Å². The molecule has 0 saturated heterocycles. The predicted octanol–water partition coefficient (Wildman–Crippen LogP) is 4.65. The fourth-order valence-electron chi connectivity index (χ4n) is 3.05. The lowest BCUT2D eigenvalue weighted by molar-refractivity contribution is -0.113. The number of nitrogens with one attached hydrogen (secondary N) is 2. The molecule has 0 aliphatic heterocycles. The molecule has 1 heterocycles. The summed E-state index contributed by atoms with van der Waals surface area (Å²) < 4.78 is 1.84. The molecule has 0 radical (unpaired) electrons. The number of benzene rings is 2. The predicted molar refractivity (Wildman–Crippen MR) is 128 cm³/mol. The SMILES string of the molecule is C=CCn1c(SCC(=O)Nc2ccc(Cl)cc2C)nnc1[C@H](C)NC(=O)c1ccccc1. The van der Waals surface area contributed by atoms with Gasteiger partial charge >= 0.3 is 0 Å². The maximum atomic E-state index is 12.5. The third-order valence-electron chi connectivity index (χ3n) is 4.62. The molecule has 0 aliphatic rings. The number of allylic oxidation sites excluding steroid dienone is 1. The molecule has 1 atom stereocenters. The number of hydrogen-bond donors (Lipinski definition) is 2. The summed E-state index contributed by atoms with van der Waals surface area (Å²) >= 11 is 7.23. The van der Waals surface area contributed by atoms with Crippen LogP contribution in [0.15, 0.2) is 66.3 Å². The Morgan fingerprint density at radius 1 is 1.22 bits per heavy atom. The van der Waals surface area contributed by atoms with Gasteiger partial charge in [-0.3, -0.25) is 9.59 Å². The van der Waals surface area contributed by atoms with Crippen molar-refractivity contribution in [2.75, 3.05) is 11.1 Å². The van der Waals surface area contributed by atoms with Gasteiger partial charge in [0.15, 0.2) is 11.0 Å². The molecule has 3 rings (SSSR count). The van der Waals surface area contributed by atoms with E-state index in [1.54, 1.807) is 36.4 Å². The second-order valence-electron chi connectivity index (χ2n) is 7.10. The topological polar surface area (TPSA) is 88.9 Å². The van der Waals surface area contributed by atoms with E-state index in [-0.39, 0.29) is 23.6 Å². The maximum absolute atomic E-state index is 12.5. The van der Waals surface area contributed by atoms with Gasteiger partial charge in [-0.2, -0.15) is 0 Å². The third-order valence-corrected chi connectivity index (χ3v) is 5.82. The highest BCUT2D eigenvalue weighted by Crippen LogP contribution is 2.23. The lowest BCUT2D eigenvalue weighted by Gasteiger charge is -2.15. The zero-order valence-electron chi connectivity index (χ0n) is 17.8. The summed E-state index contributed by atoms with van der Waals surface area (Å²) in [5.74, 6) is 0.381. The zero-order chi connectivity index (χ0) is 23.1. The molecule has 0 bridgehead atoms. The van der Waals surface area contributed by atoms with Gasteiger partial charge in [0, 0.05) is 22.8 Å². The normalized spacial score (nSPS) is 11.6. The Bertz CT molecular complexity index is 1120. The van der Waals surface area contributed by atoms with Crippen molar-refractivity contribution in [2.45, 2.75) is 31.6 Å². The van der Waals surface area contributed by atoms with Gasteiger partial charge in [-0.1, -0.05) is 47.6 Å². The van der Waals surface area contributed by atoms with Crippen molar-refractivity contribution in [1.29, 1.82) is 0 Å². The highest BCUT2D eigenvalue weighted by molar-refractivity contribution is 7.99. The summed E-state index contributed by atoms with van der Waals surface area (Å²) in [7, 11) is 0. The number of hydrogen-bond acceptors (Lipinski definition) is 5. The van der Waals surface area contributed by atoms with Gasteiger partial charge in [0.05, 0.1) is 11.8 Å². The number of thioether (sulfide) groups is 1. The Hall–Kier alpha value is -3.10. The molecule has 1 aromatic heterocycles. The lowest BCUT2D eigenvalue weighted by atomic mass is 10.2. The van der Waals surface area contributed by atoms with Crippen molar-refractivity contribution in [3.05, 3.63) is 83.2 Å². The second kappa shape index (κ2) is 11.0. The van der Waals surface area contributed by atoms with Crippen molar-refractivity contribution in [1.82, 2.24) is 20.1 Å². The number of rotatable bonds is 9. The molecule has 7 nitrogen and oxygen atoms in total. The Morgan fingerprint density at radius 3 is 2.66 bits per heavy atom. The molecule has 0 fully saturated rings. The summed E-state index contributed by atoms with van der Waals surface area (Å²) in [6.07, 6.45) is 1.72. The Kier molecular flexibility index (Phi) is 8.08. The van der Waals surface area contributed by atoms with Gasteiger partial charge in [0.1, 0.15) is 0 Å². The van der Waals surface area contributed by atoms with Crippen LogP contribution in [0.25, 0.3) is 0 Å². The van der Waals surface area contributed by atoms with E-state index < -0.39 is 0 Å². The van der Waals surface area contributed by atoms with E-state index in [0.29, 0.717) is 33.8 Å². The van der Waals surface area contributed by atoms with Crippen molar-refractivity contribution >= 4 is 40.9 Å². The number of carbonyl (C=O) groups excluding carboxylic acids is 2. The fraction of sp³-hybridized carbons (Fsp3) is 0.217. The van der Waals surface area contributed by atoms with E-state index in [9.17, 15) is 9.59 Å². The number of halogens is 1. The van der Waals surface area contributed by atoms with Crippen LogP contribution in [0.2, 0.25) is 5.02 Å². The first-order valence-electron chi connectivity index (χ1n) is 9.97. The molecule has 0 spiro atoms. The van der Waals surface area contributed by atoms with Gasteiger partial charge in [-0.15, -0.1) is 16.8 Å². The van der Waals surface area contributed by atoms with Crippen LogP contribution in [0.3, 0.4) is 0 Å². The highest BCUT2D eigenvalue weighted by Gasteiger charge is 2.20. The summed E-state index contributed by atoms with van der Waals surface area (Å²) in [6.45, 7) is 7.97. The van der Waals surface area contributed by atoms with E-state index in [2.05, 4.69) is 27.4 Å². The number of aromatic nitrogens is 3. The molecule has 2 amide bonds. The van der Waals surface area contributed by atoms with E-state index in [0.717, 1.165) is 5.56 Å². The monoisotopic (exact) mass is 469 g/mol. The number of nitrogens with zero attached hydrogens (tertiary/aromatic N) is 3. The first-order chi connectivity index (χ1) is 15.4. The summed E-state index contributed by atoms with van der Waals surface area (Å²) in [5.41, 5.74) is 2.17. The minimum Gasteiger partial charge on any atom is -0.342 e. The van der Waals surface area contributed by atoms with Crippen LogP contribution in [0.1, 0.15) is 34.7 Å². The molecule has 2 aromatic carbocycles. The molecule has 0 saturated carbocycles. The number of carbonyl (C=O) groups is 2. The van der Waals surface area contributed by atoms with Crippen LogP contribution < -0.4 is 10.6 Å².